The van der Waals surface area contributed by atoms with Gasteiger partial charge in [-0.15, -0.1) is 0 Å². The highest BCUT2D eigenvalue weighted by Crippen LogP contribution is 2.29. The van der Waals surface area contributed by atoms with E-state index in [-0.39, 0.29) is 22.6 Å². The van der Waals surface area contributed by atoms with Crippen molar-refractivity contribution in [2.45, 2.75) is 18.7 Å². The van der Waals surface area contributed by atoms with Crippen LogP contribution in [0, 0.1) is 5.41 Å². The molecule has 6 nitrogen and oxygen atoms in total. The zero-order chi connectivity index (χ0) is 15.6. The van der Waals surface area contributed by atoms with Crippen LogP contribution in [-0.2, 0) is 10.0 Å². The Morgan fingerprint density at radius 1 is 1.35 bits per heavy atom. The van der Waals surface area contributed by atoms with Crippen molar-refractivity contribution >= 4 is 21.4 Å². The Balaban J connectivity index is 3.09. The molecule has 0 radical (unpaired) electrons. The average molecular weight is 301 g/mol. The summed E-state index contributed by atoms with van der Waals surface area (Å²) in [6.07, 6.45) is 0. The molecule has 0 aliphatic heterocycles. The van der Waals surface area contributed by atoms with Crippen LogP contribution in [0.1, 0.15) is 13.8 Å². The number of nitrogens with one attached hydrogen (secondary N) is 1. The van der Waals surface area contributed by atoms with Crippen molar-refractivity contribution in [3.05, 3.63) is 18.2 Å². The summed E-state index contributed by atoms with van der Waals surface area (Å²) in [6, 6.07) is 4.84. The highest BCUT2D eigenvalue weighted by atomic mass is 32.2. The van der Waals surface area contributed by atoms with Gasteiger partial charge in [0.25, 0.3) is 0 Å². The van der Waals surface area contributed by atoms with Gasteiger partial charge in [-0.1, -0.05) is 19.9 Å². The SMILES string of the molecule is CN(C)S(=O)(=O)c1cccc(NCC(C)(C)CO)c1N. The molecule has 0 unspecified atom stereocenters. The fourth-order valence-corrected chi connectivity index (χ4v) is 2.54. The number of anilines is 2. The van der Waals surface area contributed by atoms with E-state index < -0.39 is 10.0 Å². The van der Waals surface area contributed by atoms with Crippen molar-refractivity contribution in [3.63, 3.8) is 0 Å². The number of nitrogens with two attached hydrogens (primary N) is 1. The number of hydrogen-bond acceptors (Lipinski definition) is 5. The Kier molecular flexibility index (Phi) is 5.01. The van der Waals surface area contributed by atoms with E-state index in [1.807, 2.05) is 13.8 Å². The van der Waals surface area contributed by atoms with Crippen molar-refractivity contribution < 1.29 is 13.5 Å². The molecule has 0 amide bonds. The summed E-state index contributed by atoms with van der Waals surface area (Å²) in [5, 5.41) is 12.3. The molecular weight excluding hydrogens is 278 g/mol. The number of para-hydroxylation sites is 1. The molecule has 4 N–H and O–H groups in total. The van der Waals surface area contributed by atoms with Crippen LogP contribution < -0.4 is 11.1 Å². The van der Waals surface area contributed by atoms with Crippen molar-refractivity contribution in [2.24, 2.45) is 5.41 Å². The number of sulfonamides is 1. The molecule has 1 aromatic rings. The van der Waals surface area contributed by atoms with Crippen molar-refractivity contribution in [1.29, 1.82) is 0 Å². The zero-order valence-corrected chi connectivity index (χ0v) is 13.2. The summed E-state index contributed by atoms with van der Waals surface area (Å²) < 4.78 is 25.4. The first-order valence-corrected chi connectivity index (χ1v) is 7.71. The van der Waals surface area contributed by atoms with Crippen molar-refractivity contribution in [3.8, 4) is 0 Å². The van der Waals surface area contributed by atoms with Crippen LogP contribution in [0.15, 0.2) is 23.1 Å². The zero-order valence-electron chi connectivity index (χ0n) is 12.3. The third-order valence-corrected chi connectivity index (χ3v) is 4.88. The highest BCUT2D eigenvalue weighted by Gasteiger charge is 2.22. The summed E-state index contributed by atoms with van der Waals surface area (Å²) in [7, 11) is -0.646. The second-order valence-corrected chi connectivity index (χ2v) is 7.80. The summed E-state index contributed by atoms with van der Waals surface area (Å²) >= 11 is 0. The van der Waals surface area contributed by atoms with Crippen LogP contribution >= 0.6 is 0 Å². The maximum absolute atomic E-state index is 12.1. The standard InChI is InChI=1S/C13H23N3O3S/c1-13(2,9-17)8-15-10-6-5-7-11(12(10)14)20(18,19)16(3)4/h5-7,15,17H,8-9,14H2,1-4H3. The second-order valence-electron chi connectivity index (χ2n) is 5.68. The van der Waals surface area contributed by atoms with E-state index in [2.05, 4.69) is 5.32 Å². The van der Waals surface area contributed by atoms with E-state index in [0.29, 0.717) is 12.2 Å². The molecule has 0 bridgehead atoms. The molecule has 1 rings (SSSR count). The van der Waals surface area contributed by atoms with Gasteiger partial charge >= 0.3 is 0 Å². The summed E-state index contributed by atoms with van der Waals surface area (Å²) in [5.74, 6) is 0. The van der Waals surface area contributed by atoms with Crippen LogP contribution in [0.25, 0.3) is 0 Å². The first kappa shape index (κ1) is 16.7. The maximum Gasteiger partial charge on any atom is 0.244 e. The Morgan fingerprint density at radius 3 is 2.45 bits per heavy atom. The molecule has 0 fully saturated rings. The van der Waals surface area contributed by atoms with Gasteiger partial charge < -0.3 is 16.2 Å². The van der Waals surface area contributed by atoms with E-state index in [0.717, 1.165) is 4.31 Å². The molecule has 0 saturated heterocycles. The van der Waals surface area contributed by atoms with E-state index in [1.165, 1.54) is 20.2 Å². The molecule has 0 heterocycles. The molecule has 0 aliphatic rings. The van der Waals surface area contributed by atoms with Crippen LogP contribution in [0.5, 0.6) is 0 Å². The number of hydrogen-bond donors (Lipinski definition) is 3. The van der Waals surface area contributed by atoms with Gasteiger partial charge in [0.05, 0.1) is 11.4 Å². The molecule has 1 aromatic carbocycles. The molecule has 0 spiro atoms. The number of nitrogen functional groups attached to an aromatic ring is 1. The lowest BCUT2D eigenvalue weighted by molar-refractivity contribution is 0.171. The lowest BCUT2D eigenvalue weighted by atomic mass is 9.95. The molecule has 114 valence electrons. The number of rotatable bonds is 6. The van der Waals surface area contributed by atoms with Crippen LogP contribution in [0.3, 0.4) is 0 Å². The first-order valence-electron chi connectivity index (χ1n) is 6.27. The smallest absolute Gasteiger partial charge is 0.244 e. The minimum absolute atomic E-state index is 0.0234. The summed E-state index contributed by atoms with van der Waals surface area (Å²) in [6.45, 7) is 4.31. The van der Waals surface area contributed by atoms with E-state index in [9.17, 15) is 13.5 Å². The minimum atomic E-state index is -3.57. The normalized spacial score (nSPS) is 12.7. The fourth-order valence-electron chi connectivity index (χ4n) is 1.51. The van der Waals surface area contributed by atoms with Gasteiger partial charge in [-0.2, -0.15) is 0 Å². The van der Waals surface area contributed by atoms with Gasteiger partial charge in [0.15, 0.2) is 0 Å². The monoisotopic (exact) mass is 301 g/mol. The topological polar surface area (TPSA) is 95.7 Å². The van der Waals surface area contributed by atoms with Gasteiger partial charge in [0.2, 0.25) is 10.0 Å². The third-order valence-electron chi connectivity index (χ3n) is 3.01. The third kappa shape index (κ3) is 3.62. The van der Waals surface area contributed by atoms with Gasteiger partial charge in [0, 0.05) is 32.7 Å². The second kappa shape index (κ2) is 5.99. The molecule has 20 heavy (non-hydrogen) atoms. The van der Waals surface area contributed by atoms with E-state index >= 15 is 0 Å². The van der Waals surface area contributed by atoms with E-state index in [1.54, 1.807) is 12.1 Å². The highest BCUT2D eigenvalue weighted by molar-refractivity contribution is 7.89. The molecule has 0 aromatic heterocycles. The van der Waals surface area contributed by atoms with Crippen LogP contribution in [0.4, 0.5) is 11.4 Å². The molecule has 7 heteroatoms. The van der Waals surface area contributed by atoms with Gasteiger partial charge in [0.1, 0.15) is 4.90 Å². The number of nitrogens with zero attached hydrogens (tertiary/aromatic N) is 1. The number of aliphatic hydroxyl groups excluding tert-OH is 1. The Labute approximate surface area is 120 Å². The Morgan fingerprint density at radius 2 is 1.95 bits per heavy atom. The van der Waals surface area contributed by atoms with Gasteiger partial charge in [-0.05, 0) is 12.1 Å². The average Bonchev–Trinajstić information content (AvgIpc) is 2.37. The quantitative estimate of drug-likeness (QED) is 0.680. The predicted molar refractivity (Wildman–Crippen MR) is 81.1 cm³/mol. The van der Waals surface area contributed by atoms with Crippen molar-refractivity contribution in [1.82, 2.24) is 4.31 Å². The lowest BCUT2D eigenvalue weighted by Crippen LogP contribution is -2.27. The Hall–Kier alpha value is -1.31. The molecule has 0 aliphatic carbocycles. The van der Waals surface area contributed by atoms with Gasteiger partial charge in [-0.3, -0.25) is 0 Å². The fraction of sp³-hybridized carbons (Fsp3) is 0.538. The largest absolute Gasteiger partial charge is 0.396 e. The number of aliphatic hydroxyl groups is 1. The number of benzene rings is 1. The first-order chi connectivity index (χ1) is 9.12. The summed E-state index contributed by atoms with van der Waals surface area (Å²) in [5.41, 5.74) is 6.37. The van der Waals surface area contributed by atoms with Crippen molar-refractivity contribution in [2.75, 3.05) is 38.3 Å². The molecule has 0 saturated carbocycles. The van der Waals surface area contributed by atoms with Crippen LogP contribution in [-0.4, -0.2) is 45.1 Å². The Bertz CT molecular complexity index is 568. The predicted octanol–water partition coefficient (Wildman–Crippen LogP) is 0.950. The maximum atomic E-state index is 12.1. The molecule has 0 atom stereocenters. The lowest BCUT2D eigenvalue weighted by Gasteiger charge is -2.24. The minimum Gasteiger partial charge on any atom is -0.396 e. The van der Waals surface area contributed by atoms with E-state index in [4.69, 9.17) is 5.73 Å². The van der Waals surface area contributed by atoms with Gasteiger partial charge in [-0.25, -0.2) is 12.7 Å². The molecular formula is C13H23N3O3S. The van der Waals surface area contributed by atoms with Crippen LogP contribution in [0.2, 0.25) is 0 Å². The summed E-state index contributed by atoms with van der Waals surface area (Å²) in [4.78, 5) is 0.0781.